The van der Waals surface area contributed by atoms with E-state index in [-0.39, 0.29) is 30.2 Å². The first-order valence-corrected chi connectivity index (χ1v) is 18.0. The molecule has 2 aliphatic rings. The second-order valence-corrected chi connectivity index (χ2v) is 24.3. The molecule has 4 rings (SSSR count). The predicted molar refractivity (Wildman–Crippen MR) is 112 cm³/mol. The fourth-order valence-corrected chi connectivity index (χ4v) is 31.8. The number of fused-ring (bicyclic) bond motifs is 2. The standard InChI is InChI=1S/2C9H7.C6H14Si.2ClH.Zr/c2*1-2-5-9-7-3-6-8(9)4-1;1-5(2)7-6(3)4;;;/h2*1-7H;5-6H,1-4H3;2*1H;/q;;;;;+2/p-2. The molecule has 2 aromatic carbocycles. The van der Waals surface area contributed by atoms with Crippen LogP contribution in [0.3, 0.4) is 0 Å². The maximum absolute atomic E-state index is 2.59. The zero-order valence-electron chi connectivity index (χ0n) is 17.0. The average molecular weight is 507 g/mol. The van der Waals surface area contributed by atoms with Crippen LogP contribution in [0, 0.1) is 0 Å². The summed E-state index contributed by atoms with van der Waals surface area (Å²) in [4.78, 5) is 0. The minimum Gasteiger partial charge on any atom is -1.00 e. The van der Waals surface area contributed by atoms with E-state index in [9.17, 15) is 0 Å². The molecule has 2 aromatic rings. The normalized spacial score (nSPS) is 18.2. The molecule has 2 atom stereocenters. The van der Waals surface area contributed by atoms with Crippen LogP contribution in [0.5, 0.6) is 0 Å². The van der Waals surface area contributed by atoms with E-state index in [2.05, 4.69) is 101 Å². The van der Waals surface area contributed by atoms with E-state index in [1.54, 1.807) is 11.1 Å². The molecule has 0 spiro atoms. The van der Waals surface area contributed by atoms with Crippen LogP contribution in [-0.4, -0.2) is 5.43 Å². The molecule has 2 unspecified atom stereocenters. The van der Waals surface area contributed by atoms with Crippen LogP contribution in [-0.2, 0) is 20.4 Å². The Labute approximate surface area is 190 Å². The van der Waals surface area contributed by atoms with Crippen molar-refractivity contribution >= 4 is 17.6 Å². The second-order valence-electron chi connectivity index (χ2n) is 8.15. The van der Waals surface area contributed by atoms with Gasteiger partial charge in [-0.2, -0.15) is 0 Å². The first-order valence-electron chi connectivity index (χ1n) is 9.86. The summed E-state index contributed by atoms with van der Waals surface area (Å²) in [5, 5.41) is 0. The average Bonchev–Trinajstić information content (AvgIpc) is 3.23. The van der Waals surface area contributed by atoms with Crippen LogP contribution in [0.25, 0.3) is 12.2 Å². The Morgan fingerprint density at radius 2 is 1.07 bits per heavy atom. The summed E-state index contributed by atoms with van der Waals surface area (Å²) in [6.45, 7) is 10.0. The van der Waals surface area contributed by atoms with Crippen molar-refractivity contribution in [2.45, 2.75) is 46.0 Å². The first kappa shape index (κ1) is 23.9. The molecule has 0 N–H and O–H groups in total. The zero-order chi connectivity index (χ0) is 18.3. The van der Waals surface area contributed by atoms with Gasteiger partial charge in [0.05, 0.1) is 0 Å². The molecule has 0 saturated heterocycles. The molecule has 0 radical (unpaired) electrons. The van der Waals surface area contributed by atoms with Crippen LogP contribution >= 0.6 is 0 Å². The number of hydrogen-bond donors (Lipinski definition) is 0. The Balaban J connectivity index is 0.00000140. The molecule has 0 aliphatic heterocycles. The molecular formula is C24H28Cl2SiZr. The van der Waals surface area contributed by atoms with Gasteiger partial charge in [0.25, 0.3) is 0 Å². The van der Waals surface area contributed by atoms with Crippen molar-refractivity contribution in [3.05, 3.63) is 82.9 Å². The summed E-state index contributed by atoms with van der Waals surface area (Å²) < 4.78 is 1.49. The Morgan fingerprint density at radius 3 is 1.46 bits per heavy atom. The number of rotatable bonds is 4. The predicted octanol–water partition coefficient (Wildman–Crippen LogP) is 0.960. The summed E-state index contributed by atoms with van der Waals surface area (Å²) >= 11 is -1.87. The van der Waals surface area contributed by atoms with Crippen molar-refractivity contribution in [3.63, 3.8) is 0 Å². The second kappa shape index (κ2) is 10.1. The number of halogens is 2. The largest absolute Gasteiger partial charge is 1.00 e. The van der Waals surface area contributed by atoms with Crippen molar-refractivity contribution in [2.75, 3.05) is 0 Å². The maximum Gasteiger partial charge on any atom is -1.00 e. The van der Waals surface area contributed by atoms with E-state index in [4.69, 9.17) is 0 Å². The van der Waals surface area contributed by atoms with Gasteiger partial charge in [0.2, 0.25) is 0 Å². The smallest absolute Gasteiger partial charge is 1.00 e. The third-order valence-electron chi connectivity index (χ3n) is 5.85. The number of allylic oxidation sites excluding steroid dienone is 2. The fraction of sp³-hybridized carbons (Fsp3) is 0.333. The minimum absolute atomic E-state index is 0. The Kier molecular flexibility index (Phi) is 8.59. The van der Waals surface area contributed by atoms with Crippen molar-refractivity contribution in [2.24, 2.45) is 0 Å². The van der Waals surface area contributed by atoms with Gasteiger partial charge in [-0.1, -0.05) is 0 Å². The van der Waals surface area contributed by atoms with Gasteiger partial charge in [-0.05, 0) is 0 Å². The molecule has 0 nitrogen and oxygen atoms in total. The van der Waals surface area contributed by atoms with Gasteiger partial charge >= 0.3 is 167 Å². The van der Waals surface area contributed by atoms with Gasteiger partial charge in [-0.3, -0.25) is 0 Å². The Bertz CT molecular complexity index is 854. The van der Waals surface area contributed by atoms with E-state index in [1.165, 1.54) is 11.1 Å². The van der Waals surface area contributed by atoms with Gasteiger partial charge in [0.15, 0.2) is 0 Å². The quantitative estimate of drug-likeness (QED) is 0.542. The molecule has 28 heavy (non-hydrogen) atoms. The summed E-state index contributed by atoms with van der Waals surface area (Å²) in [6.07, 6.45) is 9.99. The summed E-state index contributed by atoms with van der Waals surface area (Å²) in [5.74, 6) is 0. The van der Waals surface area contributed by atoms with Crippen molar-refractivity contribution < 1.29 is 45.2 Å². The molecule has 2 aliphatic carbocycles. The van der Waals surface area contributed by atoms with Gasteiger partial charge in [-0.15, -0.1) is 0 Å². The van der Waals surface area contributed by atoms with Crippen LogP contribution in [0.4, 0.5) is 0 Å². The van der Waals surface area contributed by atoms with Crippen LogP contribution in [0.2, 0.25) is 11.1 Å². The van der Waals surface area contributed by atoms with E-state index in [0.29, 0.717) is 0 Å². The third-order valence-corrected chi connectivity index (χ3v) is 31.9. The number of hydrogen-bond acceptors (Lipinski definition) is 0. The fourth-order valence-electron chi connectivity index (χ4n) is 4.93. The van der Waals surface area contributed by atoms with E-state index in [0.717, 1.165) is 18.3 Å². The SMILES string of the molecule is CC(C)[Si](C(C)C)=[Zr+2]([CH]1C=Cc2ccccc21)[CH]1C=Cc2ccccc21.[Cl-].[Cl-]. The monoisotopic (exact) mass is 504 g/mol. The minimum atomic E-state index is -1.87. The Hall–Kier alpha value is -0.400. The molecule has 146 valence electrons. The van der Waals surface area contributed by atoms with Crippen LogP contribution < -0.4 is 24.8 Å². The summed E-state index contributed by atoms with van der Waals surface area (Å²) in [5.41, 5.74) is 7.54. The molecule has 0 fully saturated rings. The molecular weight excluding hydrogens is 478 g/mol. The van der Waals surface area contributed by atoms with Gasteiger partial charge in [-0.25, -0.2) is 0 Å². The third kappa shape index (κ3) is 4.36. The van der Waals surface area contributed by atoms with Crippen LogP contribution in [0.15, 0.2) is 60.7 Å². The summed E-state index contributed by atoms with van der Waals surface area (Å²) in [6, 6.07) is 18.3. The van der Waals surface area contributed by atoms with Gasteiger partial charge in [0, 0.05) is 0 Å². The molecule has 0 amide bonds. The molecule has 0 aromatic heterocycles. The number of benzene rings is 2. The summed E-state index contributed by atoms with van der Waals surface area (Å²) in [7, 11) is 0. The Morgan fingerprint density at radius 1 is 0.679 bits per heavy atom. The van der Waals surface area contributed by atoms with Crippen LogP contribution in [0.1, 0.15) is 57.2 Å². The maximum atomic E-state index is 2.59. The molecule has 0 heterocycles. The molecule has 0 saturated carbocycles. The zero-order valence-corrected chi connectivity index (χ0v) is 22.0. The van der Waals surface area contributed by atoms with E-state index in [1.807, 2.05) is 0 Å². The van der Waals surface area contributed by atoms with E-state index >= 15 is 0 Å². The van der Waals surface area contributed by atoms with Gasteiger partial charge in [0.1, 0.15) is 0 Å². The van der Waals surface area contributed by atoms with Crippen molar-refractivity contribution in [3.8, 4) is 0 Å². The first-order chi connectivity index (χ1) is 12.6. The molecule has 4 heteroatoms. The van der Waals surface area contributed by atoms with Crippen molar-refractivity contribution in [1.82, 2.24) is 0 Å². The van der Waals surface area contributed by atoms with Crippen molar-refractivity contribution in [1.29, 1.82) is 0 Å². The topological polar surface area (TPSA) is 0 Å². The molecule has 0 bridgehead atoms. The van der Waals surface area contributed by atoms with E-state index < -0.39 is 20.4 Å². The van der Waals surface area contributed by atoms with Gasteiger partial charge < -0.3 is 24.8 Å².